The van der Waals surface area contributed by atoms with E-state index in [2.05, 4.69) is 108 Å². The zero-order valence-corrected chi connectivity index (χ0v) is 53.6. The second-order valence-electron chi connectivity index (χ2n) is 16.9. The summed E-state index contributed by atoms with van der Waals surface area (Å²) in [5.74, 6) is -2.15. The fourth-order valence-electron chi connectivity index (χ4n) is 6.85. The van der Waals surface area contributed by atoms with Gasteiger partial charge in [0.2, 0.25) is 17.6 Å². The molecule has 0 spiro atoms. The lowest BCUT2D eigenvalue weighted by molar-refractivity contribution is -0.244. The summed E-state index contributed by atoms with van der Waals surface area (Å²) in [5, 5.41) is 31.9. The molecule has 5 aromatic rings. The molecule has 0 aromatic heterocycles. The van der Waals surface area contributed by atoms with Crippen molar-refractivity contribution in [3.63, 3.8) is 0 Å². The Morgan fingerprint density at radius 1 is 0.625 bits per heavy atom. The van der Waals surface area contributed by atoms with Crippen LogP contribution in [0, 0.1) is 0 Å². The number of hydrogen-bond donors (Lipinski definition) is 5. The Hall–Kier alpha value is -5.80. The number of esters is 2. The topological polar surface area (TPSA) is 247 Å². The number of nitrogens with one attached hydrogen (secondary N) is 2. The summed E-state index contributed by atoms with van der Waals surface area (Å²) in [6.45, 7) is 17.7. The van der Waals surface area contributed by atoms with Crippen LogP contribution in [0.1, 0.15) is 101 Å². The molecule has 0 saturated heterocycles. The number of hydrogen-bond acceptors (Lipinski definition) is 14. The third-order valence-electron chi connectivity index (χ3n) is 10.4. The first-order valence-corrected chi connectivity index (χ1v) is 29.0. The molecule has 0 radical (unpaired) electrons. The molecule has 16 nitrogen and oxygen atoms in total. The number of carbonyl (C=O) groups is 5. The molecule has 482 valence electrons. The van der Waals surface area contributed by atoms with Crippen LogP contribution in [0.3, 0.4) is 0 Å². The summed E-state index contributed by atoms with van der Waals surface area (Å²) >= 11 is 16.7. The van der Waals surface area contributed by atoms with Crippen molar-refractivity contribution in [3.8, 4) is 0 Å². The van der Waals surface area contributed by atoms with Crippen molar-refractivity contribution < 1.29 is 82.2 Å². The summed E-state index contributed by atoms with van der Waals surface area (Å²) in [4.78, 5) is 63.8. The summed E-state index contributed by atoms with van der Waals surface area (Å²) in [6.07, 6.45) is 6.27. The van der Waals surface area contributed by atoms with Crippen LogP contribution in [0.15, 0.2) is 193 Å². The van der Waals surface area contributed by atoms with Gasteiger partial charge in [-0.25, -0.2) is 14.8 Å². The average molecular weight is 1570 g/mol. The van der Waals surface area contributed by atoms with Crippen LogP contribution in [-0.2, 0) is 53.8 Å². The number of benzene rings is 5. The third kappa shape index (κ3) is 33.7. The first kappa shape index (κ1) is 88.6. The largest absolute Gasteiger partial charge is 0.762 e. The number of ether oxygens (including phenoxy) is 3. The number of aliphatic hydroxyl groups is 2. The van der Waals surface area contributed by atoms with Gasteiger partial charge < -0.3 is 40.0 Å². The SMILES string of the molecule is C.C.C.C.C.C=C1NC(=O)C=C1c1ccc(Br)cc1.C=C1OC(=O)C=C1c1ccc(Br)cc1.CC(=O)Cc1ccc(Br)cc1.CC1(O)NC(=O)C=C1c1ccc(Br)cc1.CC1(O)OC(=O)C=C1c1ccc(Br)cc1.CCOCC.FB(F)F.O=[P+]([O-])OO.[HH]. The standard InChI is InChI=1S/C11H10BrNO2.C11H8BrNO.C11H9BrO3.C11H7BrO2.C9H9BrO.C4H10O.5CH4.BF3.HO4P.H2/c1-11(15)9(6-10(14)13-11)7-2-4-8(12)5-3-7;1-7-10(6-11(14)13-7)8-2-4-9(12)5-3-8;1-11(14)9(6-10(13)15-11)7-2-4-8(12)5-3-7;1-7-10(6-11(13)14-7)8-2-4-9(12)5-3-8;1-7(11)6-8-2-4-9(10)5-3-8;1-3-5-4-2;;;;;;2-1(3)4;1-4-5(2)3;/h2-6,15H,1H3,(H,13,14);2-6H,1H2,(H,13,14);2-6,14H,1H3;2-6H,1H2;2-5H,6H2,1H3;3-4H2,1-2H3;5*1H4;;1H;1H. The number of halogens is 8. The molecule has 2 amide bonds. The van der Waals surface area contributed by atoms with Crippen LogP contribution >= 0.6 is 87.9 Å². The molecule has 4 aliphatic rings. The van der Waals surface area contributed by atoms with Gasteiger partial charge in [0.05, 0.1) is 0 Å². The Kier molecular flexibility index (Phi) is 44.9. The van der Waals surface area contributed by atoms with E-state index < -0.39 is 33.3 Å². The molecule has 4 aliphatic heterocycles. The zero-order chi connectivity index (χ0) is 62.6. The summed E-state index contributed by atoms with van der Waals surface area (Å²) in [6, 6.07) is 37.9. The fraction of sp³-hybridized carbons (Fsp3) is 0.242. The van der Waals surface area contributed by atoms with Crippen LogP contribution in [0.25, 0.3) is 22.3 Å². The van der Waals surface area contributed by atoms with E-state index in [1.54, 1.807) is 19.9 Å². The van der Waals surface area contributed by atoms with Gasteiger partial charge >= 0.3 is 27.7 Å². The minimum Gasteiger partial charge on any atom is -0.565 e. The predicted molar refractivity (Wildman–Crippen MR) is 363 cm³/mol. The second kappa shape index (κ2) is 44.6. The van der Waals surface area contributed by atoms with E-state index in [1.807, 2.05) is 135 Å². The highest BCUT2D eigenvalue weighted by atomic mass is 79.9. The molecule has 5 aromatic carbocycles. The highest BCUT2D eigenvalue weighted by molar-refractivity contribution is 9.11. The van der Waals surface area contributed by atoms with E-state index in [9.17, 15) is 47.1 Å². The Balaban J connectivity index is -0.000000309. The highest BCUT2D eigenvalue weighted by Gasteiger charge is 2.37. The molecule has 88 heavy (non-hydrogen) atoms. The lowest BCUT2D eigenvalue weighted by Crippen LogP contribution is -2.40. The zero-order valence-electron chi connectivity index (χ0n) is 44.8. The van der Waals surface area contributed by atoms with E-state index in [0.29, 0.717) is 29.0 Å². The predicted octanol–water partition coefficient (Wildman–Crippen LogP) is 16.6. The smallest absolute Gasteiger partial charge is 0.565 e. The van der Waals surface area contributed by atoms with E-state index in [1.165, 1.54) is 25.2 Å². The first-order valence-electron chi connectivity index (χ1n) is 23.9. The number of carbonyl (C=O) groups excluding carboxylic acids is 5. The minimum absolute atomic E-state index is 0. The van der Waals surface area contributed by atoms with E-state index in [-0.39, 0.29) is 62.1 Å². The molecule has 5 N–H and O–H groups in total. The van der Waals surface area contributed by atoms with E-state index >= 15 is 0 Å². The molecule has 0 saturated carbocycles. The first-order chi connectivity index (χ1) is 38.9. The van der Waals surface area contributed by atoms with Gasteiger partial charge in [0, 0.05) is 107 Å². The van der Waals surface area contributed by atoms with Crippen LogP contribution in [0.4, 0.5) is 12.9 Å². The molecular weight excluding hydrogens is 1490 g/mol. The highest BCUT2D eigenvalue weighted by Crippen LogP contribution is 2.34. The molecule has 3 unspecified atom stereocenters. The maximum absolute atomic E-state index is 11.2. The van der Waals surface area contributed by atoms with Crippen molar-refractivity contribution in [1.29, 1.82) is 0 Å². The van der Waals surface area contributed by atoms with Gasteiger partial charge in [0.25, 0.3) is 0 Å². The van der Waals surface area contributed by atoms with Crippen LogP contribution < -0.4 is 15.5 Å². The lowest BCUT2D eigenvalue weighted by Gasteiger charge is -2.21. The monoisotopic (exact) mass is 1570 g/mol. The van der Waals surface area contributed by atoms with Crippen molar-refractivity contribution in [1.82, 2.24) is 10.6 Å². The van der Waals surface area contributed by atoms with Gasteiger partial charge in [0.1, 0.15) is 11.5 Å². The van der Waals surface area contributed by atoms with Gasteiger partial charge in [-0.05, 0) is 121 Å². The summed E-state index contributed by atoms with van der Waals surface area (Å²) in [5.41, 5.74) is 6.70. The average Bonchev–Trinajstić information content (AvgIpc) is 2.93. The maximum Gasteiger partial charge on any atom is 0.762 e. The molecule has 0 bridgehead atoms. The van der Waals surface area contributed by atoms with Gasteiger partial charge in [-0.2, -0.15) is 0 Å². The number of amides is 2. The summed E-state index contributed by atoms with van der Waals surface area (Å²) < 4.78 is 60.0. The van der Waals surface area contributed by atoms with Gasteiger partial charge in [0.15, 0.2) is 5.72 Å². The lowest BCUT2D eigenvalue weighted by atomic mass is 9.99. The number of cyclic esters (lactones) is 2. The van der Waals surface area contributed by atoms with Crippen molar-refractivity contribution in [2.24, 2.45) is 0 Å². The van der Waals surface area contributed by atoms with Crippen molar-refractivity contribution >= 4 is 147 Å². The molecule has 4 heterocycles. The molecule has 9 rings (SSSR count). The van der Waals surface area contributed by atoms with Gasteiger partial charge in [-0.3, -0.25) is 27.3 Å². The fourth-order valence-corrected chi connectivity index (χ4v) is 8.17. The van der Waals surface area contributed by atoms with Gasteiger partial charge in [-0.15, -0.1) is 0 Å². The normalized spacial score (nSPS) is 16.0. The number of rotatable bonds is 9. The molecule has 0 aliphatic carbocycles. The van der Waals surface area contributed by atoms with Crippen molar-refractivity contribution in [2.75, 3.05) is 13.2 Å². The molecule has 3 atom stereocenters. The Morgan fingerprint density at radius 3 is 1.26 bits per heavy atom. The van der Waals surface area contributed by atoms with Crippen molar-refractivity contribution in [2.45, 2.75) is 89.7 Å². The van der Waals surface area contributed by atoms with Crippen molar-refractivity contribution in [3.05, 3.63) is 220 Å². The third-order valence-corrected chi connectivity index (χ3v) is 13.1. The maximum atomic E-state index is 11.2. The number of Topliss-reactive ketones (excluding diaryl/α,β-unsaturated/α-hetero) is 1. The van der Waals surface area contributed by atoms with Crippen LogP contribution in [0.5, 0.6) is 0 Å². The second-order valence-corrected chi connectivity index (χ2v) is 22.1. The van der Waals surface area contributed by atoms with Crippen LogP contribution in [-0.4, -0.2) is 77.3 Å². The Bertz CT molecular complexity index is 3020. The quantitative estimate of drug-likeness (QED) is 0.0303. The number of allylic oxidation sites excluding steroid dienone is 2. The van der Waals surface area contributed by atoms with Crippen LogP contribution in [0.2, 0.25) is 0 Å². The van der Waals surface area contributed by atoms with E-state index in [4.69, 9.17) is 28.9 Å². The molecule has 26 heteroatoms. The summed E-state index contributed by atoms with van der Waals surface area (Å²) in [7, 11) is -6.71. The Labute approximate surface area is 559 Å². The van der Waals surface area contributed by atoms with E-state index in [0.717, 1.165) is 74.5 Å². The Morgan fingerprint density at radius 2 is 0.989 bits per heavy atom. The van der Waals surface area contributed by atoms with Gasteiger partial charge in [-0.1, -0.05) is 191 Å². The minimum atomic E-state index is -3.67. The number of ketones is 1. The molecule has 0 fully saturated rings. The molecular formula is C62H76BBr5F3N2O14P.